The van der Waals surface area contributed by atoms with E-state index in [-0.39, 0.29) is 6.61 Å². The number of hydrogen-bond donors (Lipinski definition) is 1. The zero-order valence-corrected chi connectivity index (χ0v) is 12.5. The van der Waals surface area contributed by atoms with Crippen LogP contribution >= 0.6 is 11.8 Å². The van der Waals surface area contributed by atoms with Crippen molar-refractivity contribution in [2.75, 3.05) is 11.1 Å². The Morgan fingerprint density at radius 2 is 2.00 bits per heavy atom. The molecule has 0 saturated heterocycles. The first-order chi connectivity index (χ1) is 10.3. The summed E-state index contributed by atoms with van der Waals surface area (Å²) in [5.41, 5.74) is 4.48. The zero-order valence-electron chi connectivity index (χ0n) is 11.7. The second-order valence-corrected chi connectivity index (χ2v) is 6.08. The molecule has 1 amide bonds. The highest BCUT2D eigenvalue weighted by Gasteiger charge is 2.11. The summed E-state index contributed by atoms with van der Waals surface area (Å²) in [5, 5.41) is 2.79. The van der Waals surface area contributed by atoms with E-state index < -0.39 is 6.09 Å². The molecule has 0 radical (unpaired) electrons. The first-order valence-electron chi connectivity index (χ1n) is 6.98. The molecule has 108 valence electrons. The maximum absolute atomic E-state index is 11.8. The van der Waals surface area contributed by atoms with Crippen LogP contribution in [0.3, 0.4) is 0 Å². The number of carbonyl (C=O) groups is 1. The van der Waals surface area contributed by atoms with Crippen LogP contribution in [0.4, 0.5) is 10.5 Å². The molecule has 0 aliphatic carbocycles. The number of carbonyl (C=O) groups excluding carboxylic acids is 1. The highest BCUT2D eigenvalue weighted by Crippen LogP contribution is 2.27. The van der Waals surface area contributed by atoms with Gasteiger partial charge >= 0.3 is 6.09 Å². The molecule has 3 nitrogen and oxygen atoms in total. The molecule has 0 bridgehead atoms. The summed E-state index contributed by atoms with van der Waals surface area (Å²) >= 11 is 1.93. The molecule has 0 atom stereocenters. The Morgan fingerprint density at radius 3 is 2.86 bits per heavy atom. The largest absolute Gasteiger partial charge is 0.444 e. The maximum Gasteiger partial charge on any atom is 0.411 e. The second kappa shape index (κ2) is 6.68. The third-order valence-electron chi connectivity index (χ3n) is 3.44. The predicted molar refractivity (Wildman–Crippen MR) is 86.6 cm³/mol. The summed E-state index contributed by atoms with van der Waals surface area (Å²) in [6, 6.07) is 15.8. The molecule has 21 heavy (non-hydrogen) atoms. The Morgan fingerprint density at radius 1 is 1.14 bits per heavy atom. The average molecular weight is 299 g/mol. The Labute approximate surface area is 128 Å². The molecule has 0 fully saturated rings. The van der Waals surface area contributed by atoms with E-state index in [2.05, 4.69) is 11.4 Å². The molecule has 0 aromatic heterocycles. The number of hydrogen-bond acceptors (Lipinski definition) is 3. The van der Waals surface area contributed by atoms with E-state index in [1.54, 1.807) is 0 Å². The Kier molecular flexibility index (Phi) is 4.46. The molecule has 1 aliphatic heterocycles. The molecule has 1 aliphatic rings. The van der Waals surface area contributed by atoms with E-state index in [1.807, 2.05) is 54.2 Å². The number of nitrogens with one attached hydrogen (secondary N) is 1. The van der Waals surface area contributed by atoms with Crippen LogP contribution < -0.4 is 5.32 Å². The number of aryl methyl sites for hydroxylation is 1. The normalized spacial score (nSPS) is 13.3. The van der Waals surface area contributed by atoms with E-state index in [4.69, 9.17) is 4.74 Å². The van der Waals surface area contributed by atoms with Gasteiger partial charge in [-0.1, -0.05) is 36.4 Å². The molecule has 0 saturated carbocycles. The molecular formula is C17H17NO2S. The van der Waals surface area contributed by atoms with Gasteiger partial charge in [-0.15, -0.1) is 0 Å². The fraction of sp³-hybridized carbons (Fsp3) is 0.235. The van der Waals surface area contributed by atoms with E-state index in [1.165, 1.54) is 16.9 Å². The number of rotatable bonds is 3. The predicted octanol–water partition coefficient (Wildman–Crippen LogP) is 4.22. The van der Waals surface area contributed by atoms with Crippen molar-refractivity contribution in [1.29, 1.82) is 0 Å². The maximum atomic E-state index is 11.8. The van der Waals surface area contributed by atoms with Crippen molar-refractivity contribution >= 4 is 23.5 Å². The summed E-state index contributed by atoms with van der Waals surface area (Å²) in [6.45, 7) is 0.285. The van der Waals surface area contributed by atoms with Gasteiger partial charge in [0.25, 0.3) is 0 Å². The molecule has 2 aromatic carbocycles. The minimum absolute atomic E-state index is 0.285. The SMILES string of the molecule is O=C(Nc1ccc2c(c1)CSCC2)OCc1ccccc1. The van der Waals surface area contributed by atoms with Gasteiger partial charge in [-0.25, -0.2) is 4.79 Å². The van der Waals surface area contributed by atoms with Crippen molar-refractivity contribution in [3.8, 4) is 0 Å². The lowest BCUT2D eigenvalue weighted by Crippen LogP contribution is -2.14. The van der Waals surface area contributed by atoms with E-state index in [0.717, 1.165) is 23.4 Å². The number of fused-ring (bicyclic) bond motifs is 1. The number of benzene rings is 2. The zero-order chi connectivity index (χ0) is 14.5. The number of ether oxygens (including phenoxy) is 1. The third-order valence-corrected chi connectivity index (χ3v) is 4.45. The van der Waals surface area contributed by atoms with Crippen molar-refractivity contribution in [3.05, 3.63) is 65.2 Å². The van der Waals surface area contributed by atoms with Crippen LogP contribution in [0, 0.1) is 0 Å². The average Bonchev–Trinajstić information content (AvgIpc) is 2.54. The smallest absolute Gasteiger partial charge is 0.411 e. The van der Waals surface area contributed by atoms with Crippen molar-refractivity contribution in [3.63, 3.8) is 0 Å². The van der Waals surface area contributed by atoms with E-state index in [9.17, 15) is 4.79 Å². The van der Waals surface area contributed by atoms with Gasteiger partial charge < -0.3 is 4.74 Å². The summed E-state index contributed by atoms with van der Waals surface area (Å²) < 4.78 is 5.22. The highest BCUT2D eigenvalue weighted by atomic mass is 32.2. The van der Waals surface area contributed by atoms with Gasteiger partial charge in [-0.05, 0) is 41.0 Å². The lowest BCUT2D eigenvalue weighted by molar-refractivity contribution is 0.155. The van der Waals surface area contributed by atoms with Gasteiger partial charge in [-0.2, -0.15) is 11.8 Å². The van der Waals surface area contributed by atoms with E-state index >= 15 is 0 Å². The van der Waals surface area contributed by atoms with Gasteiger partial charge in [0.15, 0.2) is 0 Å². The molecule has 0 spiro atoms. The van der Waals surface area contributed by atoms with Gasteiger partial charge in [0.1, 0.15) is 6.61 Å². The molecular weight excluding hydrogens is 282 g/mol. The third kappa shape index (κ3) is 3.79. The topological polar surface area (TPSA) is 38.3 Å². The molecule has 1 heterocycles. The van der Waals surface area contributed by atoms with Crippen LogP contribution in [0.5, 0.6) is 0 Å². The summed E-state index contributed by atoms with van der Waals surface area (Å²) in [5.74, 6) is 2.20. The van der Waals surface area contributed by atoms with Gasteiger partial charge in [0.05, 0.1) is 0 Å². The minimum atomic E-state index is -0.415. The van der Waals surface area contributed by atoms with Crippen molar-refractivity contribution in [1.82, 2.24) is 0 Å². The lowest BCUT2D eigenvalue weighted by Gasteiger charge is -2.16. The Hall–Kier alpha value is -1.94. The summed E-state index contributed by atoms with van der Waals surface area (Å²) in [6.07, 6.45) is 0.695. The van der Waals surface area contributed by atoms with Crippen molar-refractivity contribution in [2.24, 2.45) is 0 Å². The van der Waals surface area contributed by atoms with Gasteiger partial charge in [-0.3, -0.25) is 5.32 Å². The van der Waals surface area contributed by atoms with Crippen LogP contribution in [0.25, 0.3) is 0 Å². The molecule has 0 unspecified atom stereocenters. The molecule has 4 heteroatoms. The monoisotopic (exact) mass is 299 g/mol. The van der Waals surface area contributed by atoms with Crippen LogP contribution in [0.1, 0.15) is 16.7 Å². The van der Waals surface area contributed by atoms with Crippen LogP contribution in [-0.4, -0.2) is 11.8 Å². The summed E-state index contributed by atoms with van der Waals surface area (Å²) in [7, 11) is 0. The molecule has 3 rings (SSSR count). The quantitative estimate of drug-likeness (QED) is 0.922. The number of anilines is 1. The summed E-state index contributed by atoms with van der Waals surface area (Å²) in [4.78, 5) is 11.8. The fourth-order valence-electron chi connectivity index (χ4n) is 2.32. The second-order valence-electron chi connectivity index (χ2n) is 4.97. The highest BCUT2D eigenvalue weighted by molar-refractivity contribution is 7.98. The number of thioether (sulfide) groups is 1. The standard InChI is InChI=1S/C17H17NO2S/c19-17(20-11-13-4-2-1-3-5-13)18-16-7-6-14-8-9-21-12-15(14)10-16/h1-7,10H,8-9,11-12H2,(H,18,19). The Bertz CT molecular complexity index is 628. The van der Waals surface area contributed by atoms with Gasteiger partial charge in [0.2, 0.25) is 0 Å². The lowest BCUT2D eigenvalue weighted by atomic mass is 10.1. The minimum Gasteiger partial charge on any atom is -0.444 e. The first-order valence-corrected chi connectivity index (χ1v) is 8.14. The van der Waals surface area contributed by atoms with E-state index in [0.29, 0.717) is 0 Å². The molecule has 2 aromatic rings. The van der Waals surface area contributed by atoms with Crippen LogP contribution in [0.15, 0.2) is 48.5 Å². The Balaban J connectivity index is 1.57. The van der Waals surface area contributed by atoms with Crippen LogP contribution in [0.2, 0.25) is 0 Å². The van der Waals surface area contributed by atoms with Crippen molar-refractivity contribution < 1.29 is 9.53 Å². The molecule has 1 N–H and O–H groups in total. The first kappa shape index (κ1) is 14.0. The fourth-order valence-corrected chi connectivity index (χ4v) is 3.32. The van der Waals surface area contributed by atoms with Crippen LogP contribution in [-0.2, 0) is 23.5 Å². The van der Waals surface area contributed by atoms with Crippen molar-refractivity contribution in [2.45, 2.75) is 18.8 Å². The van der Waals surface area contributed by atoms with Gasteiger partial charge in [0, 0.05) is 11.4 Å². The number of amides is 1.